The molecule has 1 fully saturated rings. The predicted octanol–water partition coefficient (Wildman–Crippen LogP) is 2.76. The molecule has 1 aliphatic rings. The van der Waals surface area contributed by atoms with Crippen LogP contribution in [-0.2, 0) is 15.6 Å². The number of nitrogens with one attached hydrogen (secondary N) is 1. The van der Waals surface area contributed by atoms with Crippen LogP contribution < -0.4 is 5.32 Å². The van der Waals surface area contributed by atoms with E-state index < -0.39 is 9.84 Å². The Morgan fingerprint density at radius 1 is 1.15 bits per heavy atom. The summed E-state index contributed by atoms with van der Waals surface area (Å²) in [5.41, 5.74) is 1.18. The van der Waals surface area contributed by atoms with Crippen LogP contribution in [0.15, 0.2) is 59.5 Å². The Bertz CT molecular complexity index is 872. The van der Waals surface area contributed by atoms with Crippen LogP contribution >= 0.6 is 12.4 Å². The number of rotatable bonds is 6. The van der Waals surface area contributed by atoms with E-state index in [1.54, 1.807) is 54.6 Å². The number of amides is 1. The molecule has 0 bridgehead atoms. The molecule has 2 aromatic rings. The average Bonchev–Trinajstić information content (AvgIpc) is 3.11. The van der Waals surface area contributed by atoms with Gasteiger partial charge in [-0.15, -0.1) is 12.4 Å². The standard InChI is InChI=1S/C20H24N2O3S.ClH/c1-21-13-17-10-11-22(14-17)20(23)18-7-5-6-16(12-18)15-26(24,25)19-8-3-2-4-9-19;/h2-9,12,17,21H,10-11,13-15H2,1H3;1H. The predicted molar refractivity (Wildman–Crippen MR) is 109 cm³/mol. The third kappa shape index (κ3) is 5.31. The number of hydrogen-bond donors (Lipinski definition) is 1. The minimum absolute atomic E-state index is 0. The minimum atomic E-state index is -3.42. The molecule has 0 aromatic heterocycles. The van der Waals surface area contributed by atoms with E-state index in [0.717, 1.165) is 26.1 Å². The van der Waals surface area contributed by atoms with Gasteiger partial charge in [0.25, 0.3) is 5.91 Å². The Morgan fingerprint density at radius 3 is 2.59 bits per heavy atom. The van der Waals surface area contributed by atoms with Gasteiger partial charge in [-0.1, -0.05) is 30.3 Å². The summed E-state index contributed by atoms with van der Waals surface area (Å²) in [6.07, 6.45) is 0.995. The Balaban J connectivity index is 0.00000261. The first kappa shape index (κ1) is 21.4. The van der Waals surface area contributed by atoms with E-state index in [4.69, 9.17) is 0 Å². The Kier molecular flexibility index (Phi) is 7.41. The molecule has 1 saturated heterocycles. The van der Waals surface area contributed by atoms with Crippen LogP contribution in [0, 0.1) is 5.92 Å². The number of likely N-dealkylation sites (tertiary alicyclic amines) is 1. The zero-order valence-electron chi connectivity index (χ0n) is 15.3. The molecule has 0 spiro atoms. The van der Waals surface area contributed by atoms with Gasteiger partial charge in [-0.3, -0.25) is 4.79 Å². The van der Waals surface area contributed by atoms with Gasteiger partial charge in [-0.25, -0.2) is 8.42 Å². The molecule has 5 nitrogen and oxygen atoms in total. The molecule has 0 saturated carbocycles. The van der Waals surface area contributed by atoms with Crippen molar-refractivity contribution in [3.63, 3.8) is 0 Å². The monoisotopic (exact) mass is 408 g/mol. The maximum absolute atomic E-state index is 12.7. The molecular formula is C20H25ClN2O3S. The summed E-state index contributed by atoms with van der Waals surface area (Å²) in [5.74, 6) is 0.341. The first-order chi connectivity index (χ1) is 12.5. The molecule has 0 aliphatic carbocycles. The fraction of sp³-hybridized carbons (Fsp3) is 0.350. The topological polar surface area (TPSA) is 66.5 Å². The van der Waals surface area contributed by atoms with Crippen molar-refractivity contribution in [2.24, 2.45) is 5.92 Å². The molecule has 1 heterocycles. The zero-order chi connectivity index (χ0) is 18.6. The van der Waals surface area contributed by atoms with Crippen molar-refractivity contribution in [1.82, 2.24) is 10.2 Å². The third-order valence-electron chi connectivity index (χ3n) is 4.70. The number of hydrogen-bond acceptors (Lipinski definition) is 4. The Labute approximate surface area is 167 Å². The van der Waals surface area contributed by atoms with E-state index >= 15 is 0 Å². The fourth-order valence-electron chi connectivity index (χ4n) is 3.38. The Hall–Kier alpha value is -1.89. The average molecular weight is 409 g/mol. The minimum Gasteiger partial charge on any atom is -0.338 e. The van der Waals surface area contributed by atoms with Gasteiger partial charge < -0.3 is 10.2 Å². The number of carbonyl (C=O) groups is 1. The highest BCUT2D eigenvalue weighted by Crippen LogP contribution is 2.20. The van der Waals surface area contributed by atoms with Crippen LogP contribution in [0.4, 0.5) is 0 Å². The van der Waals surface area contributed by atoms with E-state index in [1.165, 1.54) is 0 Å². The van der Waals surface area contributed by atoms with Crippen molar-refractivity contribution < 1.29 is 13.2 Å². The van der Waals surface area contributed by atoms with E-state index in [0.29, 0.717) is 21.9 Å². The molecule has 1 unspecified atom stereocenters. The van der Waals surface area contributed by atoms with Crippen LogP contribution in [0.3, 0.4) is 0 Å². The van der Waals surface area contributed by atoms with E-state index in [-0.39, 0.29) is 24.1 Å². The molecule has 3 rings (SSSR count). The van der Waals surface area contributed by atoms with Crippen LogP contribution in [0.5, 0.6) is 0 Å². The summed E-state index contributed by atoms with van der Waals surface area (Å²) < 4.78 is 25.1. The molecule has 1 N–H and O–H groups in total. The van der Waals surface area contributed by atoms with E-state index in [2.05, 4.69) is 5.32 Å². The largest absolute Gasteiger partial charge is 0.338 e. The van der Waals surface area contributed by atoms with Gasteiger partial charge in [0.05, 0.1) is 10.6 Å². The summed E-state index contributed by atoms with van der Waals surface area (Å²) in [7, 11) is -1.51. The van der Waals surface area contributed by atoms with Gasteiger partial charge >= 0.3 is 0 Å². The summed E-state index contributed by atoms with van der Waals surface area (Å²) in [6, 6.07) is 15.4. The van der Waals surface area contributed by atoms with Crippen molar-refractivity contribution in [2.75, 3.05) is 26.7 Å². The molecule has 1 atom stereocenters. The van der Waals surface area contributed by atoms with Crippen molar-refractivity contribution in [1.29, 1.82) is 0 Å². The number of sulfone groups is 1. The highest BCUT2D eigenvalue weighted by molar-refractivity contribution is 7.90. The second kappa shape index (κ2) is 9.35. The molecule has 146 valence electrons. The second-order valence-corrected chi connectivity index (χ2v) is 8.73. The molecule has 1 aliphatic heterocycles. The van der Waals surface area contributed by atoms with Crippen molar-refractivity contribution in [2.45, 2.75) is 17.1 Å². The number of benzene rings is 2. The third-order valence-corrected chi connectivity index (χ3v) is 6.40. The van der Waals surface area contributed by atoms with Crippen molar-refractivity contribution in [3.05, 3.63) is 65.7 Å². The fourth-order valence-corrected chi connectivity index (χ4v) is 4.74. The van der Waals surface area contributed by atoms with Gasteiger partial charge in [-0.05, 0) is 55.8 Å². The zero-order valence-corrected chi connectivity index (χ0v) is 16.9. The van der Waals surface area contributed by atoms with E-state index in [1.807, 2.05) is 11.9 Å². The lowest BCUT2D eigenvalue weighted by Crippen LogP contribution is -2.30. The molecule has 27 heavy (non-hydrogen) atoms. The highest BCUT2D eigenvalue weighted by atomic mass is 35.5. The molecular weight excluding hydrogens is 384 g/mol. The lowest BCUT2D eigenvalue weighted by atomic mass is 10.1. The lowest BCUT2D eigenvalue weighted by Gasteiger charge is -2.17. The number of nitrogens with zero attached hydrogens (tertiary/aromatic N) is 1. The van der Waals surface area contributed by atoms with Crippen molar-refractivity contribution >= 4 is 28.2 Å². The maximum Gasteiger partial charge on any atom is 0.253 e. The highest BCUT2D eigenvalue weighted by Gasteiger charge is 2.26. The molecule has 7 heteroatoms. The van der Waals surface area contributed by atoms with Crippen LogP contribution in [0.25, 0.3) is 0 Å². The summed E-state index contributed by atoms with van der Waals surface area (Å²) in [6.45, 7) is 2.39. The first-order valence-electron chi connectivity index (χ1n) is 8.80. The molecule has 1 amide bonds. The normalized spacial score (nSPS) is 16.8. The van der Waals surface area contributed by atoms with E-state index in [9.17, 15) is 13.2 Å². The first-order valence-corrected chi connectivity index (χ1v) is 10.5. The van der Waals surface area contributed by atoms with Gasteiger partial charge in [0.15, 0.2) is 9.84 Å². The lowest BCUT2D eigenvalue weighted by molar-refractivity contribution is 0.0787. The summed E-state index contributed by atoms with van der Waals surface area (Å²) >= 11 is 0. The van der Waals surface area contributed by atoms with Crippen LogP contribution in [-0.4, -0.2) is 45.9 Å². The smallest absolute Gasteiger partial charge is 0.253 e. The quantitative estimate of drug-likeness (QED) is 0.798. The van der Waals surface area contributed by atoms with Crippen LogP contribution in [0.2, 0.25) is 0 Å². The van der Waals surface area contributed by atoms with Gasteiger partial charge in [0.1, 0.15) is 0 Å². The number of carbonyl (C=O) groups excluding carboxylic acids is 1. The Morgan fingerprint density at radius 2 is 1.89 bits per heavy atom. The van der Waals surface area contributed by atoms with Gasteiger partial charge in [0.2, 0.25) is 0 Å². The number of halogens is 1. The summed E-state index contributed by atoms with van der Waals surface area (Å²) in [5, 5.41) is 3.15. The van der Waals surface area contributed by atoms with Gasteiger partial charge in [-0.2, -0.15) is 0 Å². The van der Waals surface area contributed by atoms with Gasteiger partial charge in [0, 0.05) is 18.7 Å². The second-order valence-electron chi connectivity index (χ2n) is 6.74. The van der Waals surface area contributed by atoms with Crippen molar-refractivity contribution in [3.8, 4) is 0 Å². The maximum atomic E-state index is 12.7. The van der Waals surface area contributed by atoms with Crippen LogP contribution in [0.1, 0.15) is 22.3 Å². The molecule has 0 radical (unpaired) electrons. The summed E-state index contributed by atoms with van der Waals surface area (Å²) in [4.78, 5) is 14.9. The SMILES string of the molecule is CNCC1CCN(C(=O)c2cccc(CS(=O)(=O)c3ccccc3)c2)C1.Cl. The molecule has 2 aromatic carbocycles.